The smallest absolute Gasteiger partial charge is 0.497 e. The second-order valence-electron chi connectivity index (χ2n) is 21.6. The van der Waals surface area contributed by atoms with Gasteiger partial charge in [-0.1, -0.05) is 96.1 Å². The number of aromatic nitrogens is 8. The van der Waals surface area contributed by atoms with Crippen LogP contribution in [0, 0.1) is 23.2 Å². The number of aromatic amines is 2. The van der Waals surface area contributed by atoms with Gasteiger partial charge in [-0.25, -0.2) is 14.6 Å². The van der Waals surface area contributed by atoms with Gasteiger partial charge < -0.3 is 37.8 Å². The molecule has 9 rings (SSSR count). The summed E-state index contributed by atoms with van der Waals surface area (Å²) in [5.74, 6) is 0.0222. The van der Waals surface area contributed by atoms with E-state index in [9.17, 15) is 34.1 Å². The van der Waals surface area contributed by atoms with Crippen LogP contribution in [0.2, 0.25) is 0 Å². The van der Waals surface area contributed by atoms with Crippen molar-refractivity contribution in [3.8, 4) is 17.6 Å². The minimum absolute atomic E-state index is 0.000676. The Balaban J connectivity index is 0.000000323. The van der Waals surface area contributed by atoms with E-state index in [2.05, 4.69) is 79.0 Å². The monoisotopic (exact) mass is 1270 g/mol. The third-order valence-electron chi connectivity index (χ3n) is 14.2. The molecule has 3 aromatic carbocycles. The van der Waals surface area contributed by atoms with Crippen molar-refractivity contribution < 1.29 is 61.4 Å². The highest BCUT2D eigenvalue weighted by Gasteiger charge is 2.46. The fraction of sp³-hybridized carbons (Fsp3) is 0.483. The average molecular weight is 1270 g/mol. The van der Waals surface area contributed by atoms with Gasteiger partial charge >= 0.3 is 8.25 Å². The fourth-order valence-electron chi connectivity index (χ4n) is 10.0. The van der Waals surface area contributed by atoms with Crippen LogP contribution < -0.4 is 31.2 Å². The molecule has 2 aliphatic rings. The molecule has 6 N–H and O–H groups in total. The number of nitrogens with one attached hydrogen (secondary N) is 4. The number of rotatable bonds is 25. The van der Waals surface area contributed by atoms with Gasteiger partial charge in [0.05, 0.1) is 71.4 Å². The van der Waals surface area contributed by atoms with E-state index in [0.717, 1.165) is 16.7 Å². The summed E-state index contributed by atoms with van der Waals surface area (Å²) in [7, 11) is -1.36. The average Bonchev–Trinajstić information content (AvgIpc) is 1.37. The molecular weight excluding hydrogens is 1190 g/mol. The first kappa shape index (κ1) is 69.0. The molecule has 7 aromatic rings. The molecule has 27 nitrogen and oxygen atoms in total. The normalized spacial score (nSPS) is 18.8. The summed E-state index contributed by atoms with van der Waals surface area (Å²) in [6.45, 7) is 19.1. The van der Waals surface area contributed by atoms with Crippen LogP contribution in [-0.2, 0) is 47.5 Å². The molecule has 0 spiro atoms. The summed E-state index contributed by atoms with van der Waals surface area (Å²) in [5, 5.41) is 23.9. The Morgan fingerprint density at radius 2 is 1.21 bits per heavy atom. The Bertz CT molecular complexity index is 3580. The highest BCUT2D eigenvalue weighted by molar-refractivity contribution is 7.44. The summed E-state index contributed by atoms with van der Waals surface area (Å²) in [4.78, 5) is 81.5. The minimum atomic E-state index is -2.90. The van der Waals surface area contributed by atoms with Crippen molar-refractivity contribution in [2.24, 2.45) is 11.8 Å². The molecule has 2 saturated heterocycles. The molecule has 29 heteroatoms. The minimum Gasteiger partial charge on any atom is -0.497 e. The number of carbonyl (C=O) groups excluding carboxylic acids is 2. The third kappa shape index (κ3) is 16.5. The van der Waals surface area contributed by atoms with Gasteiger partial charge in [-0.3, -0.25) is 48.9 Å². The maximum absolute atomic E-state index is 13.3. The van der Waals surface area contributed by atoms with Crippen molar-refractivity contribution in [1.82, 2.24) is 43.7 Å². The maximum Gasteiger partial charge on any atom is 0.695 e. The summed E-state index contributed by atoms with van der Waals surface area (Å²) in [6, 6.07) is 27.9. The number of ether oxygens (including phenoxy) is 5. The second-order valence-corrected chi connectivity index (χ2v) is 23.7. The molecule has 2 aliphatic heterocycles. The summed E-state index contributed by atoms with van der Waals surface area (Å²) >= 11 is 0. The molecule has 4 unspecified atom stereocenters. The molecule has 478 valence electrons. The topological polar surface area (TPSA) is 344 Å². The van der Waals surface area contributed by atoms with Crippen LogP contribution in [0.1, 0.15) is 118 Å². The van der Waals surface area contributed by atoms with Crippen LogP contribution in [0.5, 0.6) is 11.5 Å². The number of carbonyl (C=O) groups is 2. The van der Waals surface area contributed by atoms with E-state index in [1.165, 1.54) is 17.2 Å². The molecule has 0 bridgehead atoms. The molecule has 0 radical (unpaired) electrons. The van der Waals surface area contributed by atoms with Crippen LogP contribution >= 0.6 is 16.8 Å². The Kier molecular flexibility index (Phi) is 24.7. The highest BCUT2D eigenvalue weighted by Crippen LogP contribution is 2.51. The lowest BCUT2D eigenvalue weighted by molar-refractivity contribution is -0.119. The molecule has 0 saturated carbocycles. The van der Waals surface area contributed by atoms with Crippen molar-refractivity contribution in [3.05, 3.63) is 129 Å². The number of anilines is 2. The lowest BCUT2D eigenvalue weighted by Gasteiger charge is -2.37. The van der Waals surface area contributed by atoms with Crippen LogP contribution in [0.3, 0.4) is 0 Å². The summed E-state index contributed by atoms with van der Waals surface area (Å²) in [6.07, 6.45) is -0.983. The highest BCUT2D eigenvalue weighted by atomic mass is 31.2. The zero-order valence-corrected chi connectivity index (χ0v) is 53.6. The molecule has 6 heterocycles. The van der Waals surface area contributed by atoms with Gasteiger partial charge in [0.2, 0.25) is 23.7 Å². The first-order valence-corrected chi connectivity index (χ1v) is 31.5. The van der Waals surface area contributed by atoms with E-state index in [1.54, 1.807) is 46.5 Å². The number of hydrogen-bond acceptors (Lipinski definition) is 20. The van der Waals surface area contributed by atoms with Crippen molar-refractivity contribution in [3.63, 3.8) is 0 Å². The molecule has 2 fully saturated rings. The number of imidazole rings is 2. The number of hydrogen-bond donors (Lipinski definition) is 6. The zero-order chi connectivity index (χ0) is 64.7. The van der Waals surface area contributed by atoms with E-state index >= 15 is 0 Å². The zero-order valence-electron chi connectivity index (χ0n) is 51.9. The maximum atomic E-state index is 13.3. The van der Waals surface area contributed by atoms with Gasteiger partial charge in [0.25, 0.3) is 19.6 Å². The van der Waals surface area contributed by atoms with Crippen molar-refractivity contribution in [2.45, 2.75) is 143 Å². The lowest BCUT2D eigenvalue weighted by Crippen LogP contribution is -2.36. The molecule has 89 heavy (non-hydrogen) atoms. The van der Waals surface area contributed by atoms with E-state index in [1.807, 2.05) is 92.7 Å². The van der Waals surface area contributed by atoms with Gasteiger partial charge in [-0.15, -0.1) is 9.42 Å². The van der Waals surface area contributed by atoms with Gasteiger partial charge in [0, 0.05) is 41.3 Å². The quantitative estimate of drug-likeness (QED) is 0.0177. The molecule has 8 atom stereocenters. The van der Waals surface area contributed by atoms with Crippen LogP contribution in [0.15, 0.2) is 101 Å². The van der Waals surface area contributed by atoms with Gasteiger partial charge in [0.15, 0.2) is 40.9 Å². The predicted octanol–water partition coefficient (Wildman–Crippen LogP) is 8.74. The molecular formula is C60H79N12O15P2+. The van der Waals surface area contributed by atoms with E-state index in [4.69, 9.17) is 42.1 Å². The number of nitriles is 1. The van der Waals surface area contributed by atoms with Gasteiger partial charge in [0.1, 0.15) is 23.2 Å². The first-order chi connectivity index (χ1) is 42.7. The first-order valence-electron chi connectivity index (χ1n) is 29.2. The predicted molar refractivity (Wildman–Crippen MR) is 332 cm³/mol. The number of methoxy groups -OCH3 is 2. The summed E-state index contributed by atoms with van der Waals surface area (Å²) in [5.41, 5.74) is 0.782. The lowest BCUT2D eigenvalue weighted by atomic mass is 9.80. The fourth-order valence-corrected chi connectivity index (χ4v) is 12.2. The number of aliphatic hydroxyl groups excluding tert-OH is 1. The van der Waals surface area contributed by atoms with Crippen LogP contribution in [0.25, 0.3) is 22.3 Å². The summed E-state index contributed by atoms with van der Waals surface area (Å²) < 4.78 is 65.4. The van der Waals surface area contributed by atoms with Gasteiger partial charge in [-0.05, 0) is 68.7 Å². The SMILES string of the molecule is CC.CC(C)C(=O)Nc1nc2c(ncn2[C@@H]2OC(CO)C[C@H]2O[P+](=O)O)c(=O)[nH]1.COc1ccc(C(OCC2C[C@@H](OP(OCCC#N)N(C(C)C)C(C)C)[C@H](n3cnc4c(=O)[nH]c(NC(=O)C(C)C)nc43)O2)(c2ccccc2)c2ccc(OC)cc2)cc1. The molecule has 4 aromatic heterocycles. The van der Waals surface area contributed by atoms with Crippen LogP contribution in [0.4, 0.5) is 11.9 Å². The largest absolute Gasteiger partial charge is 0.695 e. The Hall–Kier alpha value is -7.44. The van der Waals surface area contributed by atoms with E-state index in [0.29, 0.717) is 17.9 Å². The van der Waals surface area contributed by atoms with Crippen LogP contribution in [-0.4, -0.2) is 136 Å². The Morgan fingerprint density at radius 1 is 0.753 bits per heavy atom. The number of H-pyrrole nitrogens is 2. The number of amides is 2. The van der Waals surface area contributed by atoms with Crippen molar-refractivity contribution >= 4 is 62.8 Å². The number of fused-ring (bicyclic) bond motifs is 2. The second kappa shape index (κ2) is 31.8. The van der Waals surface area contributed by atoms with Crippen molar-refractivity contribution in [2.75, 3.05) is 44.7 Å². The third-order valence-corrected chi connectivity index (χ3v) is 16.8. The Labute approximate surface area is 517 Å². The van der Waals surface area contributed by atoms with Crippen molar-refractivity contribution in [1.29, 1.82) is 5.26 Å². The standard InChI is InChI=1S/C44H54N7O8P.C14H18N5O7P.C2H6/c1-28(2)40(52)48-43-47-39-38(41(53)49-43)46-27-50(39)42-37(59-60(57-24-12-23-45)51(29(3)4)30(5)6)25-36(58-42)26-56-44(31-13-10-9-11-14-31,32-15-19-34(54-7)20-16-32)33-17-21-35(55-8)22-18-33;1-6(2)11(21)17-14-16-10-9(12(22)18-14)15-5-19(10)13-8(26-27(23)24)3-7(4-20)25-13;1-2/h9-11,13-22,27-30,36-37,42H,12,24-26H2,1-8H3,(H2,47,48,49,52,53);5-8,13,20H,3-4H2,1-2H3,(H2-,16,17,18,21,22,23,24);1-2H3/p+1/t36?,37-,42-,60?;7?,8-,13-;/m11./s1. The van der Waals surface area contributed by atoms with Gasteiger partial charge in [-0.2, -0.15) is 15.2 Å². The Morgan fingerprint density at radius 3 is 1.65 bits per heavy atom. The van der Waals surface area contributed by atoms with E-state index in [-0.39, 0.29) is 103 Å². The number of benzene rings is 3. The molecule has 2 amide bonds. The number of nitrogens with zero attached hydrogens (tertiary/aromatic N) is 8. The number of aliphatic hydroxyl groups is 1. The van der Waals surface area contributed by atoms with E-state index < -0.39 is 70.4 Å². The molecule has 0 aliphatic carbocycles.